The molecule has 11 heteroatoms. The third-order valence-corrected chi connectivity index (χ3v) is 7.63. The number of hydrogen-bond acceptors (Lipinski definition) is 7. The van der Waals surface area contributed by atoms with Gasteiger partial charge in [0.05, 0.1) is 29.2 Å². The molecule has 34 heavy (non-hydrogen) atoms. The number of carbonyl (C=O) groups excluding carboxylic acids is 1. The molecule has 180 valence electrons. The Morgan fingerprint density at radius 3 is 2.65 bits per heavy atom. The molecule has 0 radical (unpaired) electrons. The fourth-order valence-corrected chi connectivity index (χ4v) is 5.64. The fourth-order valence-electron chi connectivity index (χ4n) is 4.84. The molecule has 2 fully saturated rings. The minimum Gasteiger partial charge on any atom is -0.360 e. The highest BCUT2D eigenvalue weighted by Crippen LogP contribution is 2.37. The number of carbonyl (C=O) groups is 1. The first kappa shape index (κ1) is 23.0. The maximum absolute atomic E-state index is 13.0. The SMILES string of the molecule is O=C(CNc1nccc2ncc(C(F)(F)F)cc12)NC1CN(C2CCC(c3cncs3)CC2)C1. The van der Waals surface area contributed by atoms with E-state index in [-0.39, 0.29) is 29.7 Å². The van der Waals surface area contributed by atoms with E-state index in [1.165, 1.54) is 30.0 Å². The molecule has 1 saturated carbocycles. The van der Waals surface area contributed by atoms with Gasteiger partial charge in [0.25, 0.3) is 0 Å². The third kappa shape index (κ3) is 5.00. The quantitative estimate of drug-likeness (QED) is 0.543. The van der Waals surface area contributed by atoms with Crippen LogP contribution in [0, 0.1) is 0 Å². The van der Waals surface area contributed by atoms with Gasteiger partial charge in [-0.3, -0.25) is 19.7 Å². The lowest BCUT2D eigenvalue weighted by atomic mass is 9.83. The van der Waals surface area contributed by atoms with E-state index in [1.54, 1.807) is 11.3 Å². The summed E-state index contributed by atoms with van der Waals surface area (Å²) in [5, 5.41) is 6.09. The van der Waals surface area contributed by atoms with Crippen molar-refractivity contribution in [3.05, 3.63) is 46.7 Å². The molecular formula is C23H25F3N6OS. The molecule has 0 aromatic carbocycles. The average Bonchev–Trinajstić information content (AvgIpc) is 3.34. The van der Waals surface area contributed by atoms with Crippen LogP contribution in [0.2, 0.25) is 0 Å². The van der Waals surface area contributed by atoms with Crippen LogP contribution in [0.1, 0.15) is 42.0 Å². The molecule has 0 bridgehead atoms. The standard InChI is InChI=1S/C23H25F3N6OS/c24-23(25,26)15-7-18-19(29-8-15)5-6-28-22(18)30-10-21(33)31-16-11-32(12-16)17-3-1-14(2-4-17)20-9-27-13-34-20/h5-9,13-14,16-17H,1-4,10-12H2,(H,28,30)(H,31,33). The second kappa shape index (κ2) is 9.46. The lowest BCUT2D eigenvalue weighted by Gasteiger charge is -2.46. The normalized spacial score (nSPS) is 21.9. The van der Waals surface area contributed by atoms with Crippen molar-refractivity contribution in [2.45, 2.75) is 49.9 Å². The third-order valence-electron chi connectivity index (χ3n) is 6.70. The van der Waals surface area contributed by atoms with Gasteiger partial charge >= 0.3 is 6.18 Å². The minimum atomic E-state index is -4.50. The smallest absolute Gasteiger partial charge is 0.360 e. The van der Waals surface area contributed by atoms with Gasteiger partial charge in [-0.1, -0.05) is 0 Å². The summed E-state index contributed by atoms with van der Waals surface area (Å²) < 4.78 is 39.1. The van der Waals surface area contributed by atoms with Crippen molar-refractivity contribution in [3.8, 4) is 0 Å². The number of alkyl halides is 3. The number of thiazole rings is 1. The summed E-state index contributed by atoms with van der Waals surface area (Å²) in [6, 6.07) is 3.19. The second-order valence-electron chi connectivity index (χ2n) is 8.93. The van der Waals surface area contributed by atoms with Crippen LogP contribution < -0.4 is 10.6 Å². The molecule has 7 nitrogen and oxygen atoms in total. The summed E-state index contributed by atoms with van der Waals surface area (Å²) in [5.41, 5.74) is 1.42. The van der Waals surface area contributed by atoms with Gasteiger partial charge in [0.2, 0.25) is 5.91 Å². The Hall–Kier alpha value is -2.79. The molecular weight excluding hydrogens is 465 g/mol. The van der Waals surface area contributed by atoms with E-state index < -0.39 is 11.7 Å². The van der Waals surface area contributed by atoms with Crippen LogP contribution in [0.15, 0.2) is 36.2 Å². The predicted molar refractivity (Wildman–Crippen MR) is 124 cm³/mol. The highest BCUT2D eigenvalue weighted by Gasteiger charge is 2.35. The van der Waals surface area contributed by atoms with Crippen molar-refractivity contribution in [1.82, 2.24) is 25.2 Å². The molecule has 1 saturated heterocycles. The monoisotopic (exact) mass is 490 g/mol. The van der Waals surface area contributed by atoms with E-state index >= 15 is 0 Å². The Labute approximate surface area is 198 Å². The van der Waals surface area contributed by atoms with Crippen LogP contribution in [0.5, 0.6) is 0 Å². The molecule has 5 rings (SSSR count). The molecule has 1 aliphatic carbocycles. The number of likely N-dealkylation sites (tertiary alicyclic amines) is 1. The number of nitrogens with zero attached hydrogens (tertiary/aromatic N) is 4. The average molecular weight is 491 g/mol. The maximum atomic E-state index is 13.0. The molecule has 3 aromatic rings. The number of rotatable bonds is 6. The van der Waals surface area contributed by atoms with Gasteiger partial charge in [0, 0.05) is 48.0 Å². The number of nitrogens with one attached hydrogen (secondary N) is 2. The number of halogens is 3. The molecule has 3 aromatic heterocycles. The highest BCUT2D eigenvalue weighted by atomic mass is 32.1. The van der Waals surface area contributed by atoms with Crippen LogP contribution in [-0.4, -0.2) is 57.5 Å². The zero-order valence-electron chi connectivity index (χ0n) is 18.4. The van der Waals surface area contributed by atoms with Crippen LogP contribution in [-0.2, 0) is 11.0 Å². The molecule has 0 atom stereocenters. The van der Waals surface area contributed by atoms with Crippen molar-refractivity contribution < 1.29 is 18.0 Å². The van der Waals surface area contributed by atoms with Gasteiger partial charge in [-0.15, -0.1) is 11.3 Å². The number of aromatic nitrogens is 3. The van der Waals surface area contributed by atoms with E-state index in [2.05, 4.69) is 30.5 Å². The summed E-state index contributed by atoms with van der Waals surface area (Å²) >= 11 is 1.74. The minimum absolute atomic E-state index is 0.0706. The Morgan fingerprint density at radius 2 is 1.94 bits per heavy atom. The summed E-state index contributed by atoms with van der Waals surface area (Å²) in [7, 11) is 0. The zero-order valence-corrected chi connectivity index (χ0v) is 19.2. The topological polar surface area (TPSA) is 83.0 Å². The van der Waals surface area contributed by atoms with E-state index in [9.17, 15) is 18.0 Å². The Morgan fingerprint density at radius 1 is 1.15 bits per heavy atom. The number of amides is 1. The summed E-state index contributed by atoms with van der Waals surface area (Å²) in [6.07, 6.45) is 4.40. The van der Waals surface area contributed by atoms with Crippen LogP contribution >= 0.6 is 11.3 Å². The van der Waals surface area contributed by atoms with Gasteiger partial charge in [0.1, 0.15) is 5.82 Å². The van der Waals surface area contributed by atoms with Crippen LogP contribution in [0.25, 0.3) is 10.9 Å². The van der Waals surface area contributed by atoms with Crippen LogP contribution in [0.4, 0.5) is 19.0 Å². The first-order valence-corrected chi connectivity index (χ1v) is 12.2. The van der Waals surface area contributed by atoms with Crippen molar-refractivity contribution in [2.24, 2.45) is 0 Å². The Kier molecular flexibility index (Phi) is 6.39. The molecule has 1 aliphatic heterocycles. The van der Waals surface area contributed by atoms with Gasteiger partial charge in [-0.25, -0.2) is 4.98 Å². The van der Waals surface area contributed by atoms with Gasteiger partial charge in [0.15, 0.2) is 0 Å². The number of pyridine rings is 2. The van der Waals surface area contributed by atoms with Crippen molar-refractivity contribution in [2.75, 3.05) is 25.0 Å². The molecule has 2 aliphatic rings. The largest absolute Gasteiger partial charge is 0.417 e. The van der Waals surface area contributed by atoms with E-state index in [0.29, 0.717) is 17.5 Å². The molecule has 1 amide bonds. The zero-order chi connectivity index (χ0) is 23.7. The Bertz CT molecular complexity index is 1140. The van der Waals surface area contributed by atoms with Crippen molar-refractivity contribution in [1.29, 1.82) is 0 Å². The number of fused-ring (bicyclic) bond motifs is 1. The predicted octanol–water partition coefficient (Wildman–Crippen LogP) is 4.04. The van der Waals surface area contributed by atoms with Crippen LogP contribution in [0.3, 0.4) is 0 Å². The van der Waals surface area contributed by atoms with E-state index in [1.807, 2.05) is 11.7 Å². The summed E-state index contributed by atoms with van der Waals surface area (Å²) in [6.45, 7) is 1.58. The highest BCUT2D eigenvalue weighted by molar-refractivity contribution is 7.09. The summed E-state index contributed by atoms with van der Waals surface area (Å²) in [5.74, 6) is 0.619. The number of hydrogen-bond donors (Lipinski definition) is 2. The molecule has 0 unspecified atom stereocenters. The molecule has 4 heterocycles. The first-order chi connectivity index (χ1) is 16.4. The lowest BCUT2D eigenvalue weighted by molar-refractivity contribution is -0.137. The fraction of sp³-hybridized carbons (Fsp3) is 0.478. The lowest BCUT2D eigenvalue weighted by Crippen LogP contribution is -2.63. The van der Waals surface area contributed by atoms with Gasteiger partial charge in [-0.05, 0) is 43.7 Å². The van der Waals surface area contributed by atoms with Crippen molar-refractivity contribution in [3.63, 3.8) is 0 Å². The maximum Gasteiger partial charge on any atom is 0.417 e. The van der Waals surface area contributed by atoms with Crippen molar-refractivity contribution >= 4 is 34.0 Å². The van der Waals surface area contributed by atoms with Gasteiger partial charge in [-0.2, -0.15) is 13.2 Å². The second-order valence-corrected chi connectivity index (χ2v) is 9.85. The van der Waals surface area contributed by atoms with Gasteiger partial charge < -0.3 is 10.6 Å². The Balaban J connectivity index is 1.09. The first-order valence-electron chi connectivity index (χ1n) is 11.3. The molecule has 2 N–H and O–H groups in total. The van der Waals surface area contributed by atoms with E-state index in [0.717, 1.165) is 38.2 Å². The molecule has 0 spiro atoms. The van der Waals surface area contributed by atoms with E-state index in [4.69, 9.17) is 0 Å². The number of anilines is 1. The summed E-state index contributed by atoms with van der Waals surface area (Å²) in [4.78, 5) is 28.4.